The summed E-state index contributed by atoms with van der Waals surface area (Å²) in [6.45, 7) is 2.82. The number of nitrogens with two attached hydrogens (primary N) is 1. The lowest BCUT2D eigenvalue weighted by molar-refractivity contribution is -0.172. The van der Waals surface area contributed by atoms with Gasteiger partial charge in [0.1, 0.15) is 0 Å². The smallest absolute Gasteiger partial charge is 0.224 e. The Morgan fingerprint density at radius 3 is 2.56 bits per heavy atom. The SMILES string of the molecule is CCOC1CC(N(C)C(=O)CC(N)c2ccccc2)C12CCCC2.Cl. The molecule has 2 N–H and O–H groups in total. The molecule has 1 aromatic rings. The largest absolute Gasteiger partial charge is 0.378 e. The van der Waals surface area contributed by atoms with Crippen LogP contribution in [0, 0.1) is 5.41 Å². The van der Waals surface area contributed by atoms with Gasteiger partial charge in [-0.15, -0.1) is 12.4 Å². The standard InChI is InChI=1S/C20H30N2O2.ClH/c1-3-24-18-14-17(20(18)11-7-8-12-20)22(2)19(23)13-16(21)15-9-5-4-6-10-15;/h4-6,9-10,16-18H,3,7-8,11-14,21H2,1-2H3;1H. The summed E-state index contributed by atoms with van der Waals surface area (Å²) in [6.07, 6.45) is 6.54. The van der Waals surface area contributed by atoms with Crippen molar-refractivity contribution < 1.29 is 9.53 Å². The van der Waals surface area contributed by atoms with E-state index >= 15 is 0 Å². The predicted octanol–water partition coefficient (Wildman–Crippen LogP) is 3.69. The van der Waals surface area contributed by atoms with Gasteiger partial charge in [-0.1, -0.05) is 43.2 Å². The second kappa shape index (κ2) is 8.52. The molecule has 2 saturated carbocycles. The summed E-state index contributed by atoms with van der Waals surface area (Å²) in [6, 6.07) is 9.97. The molecule has 0 radical (unpaired) electrons. The van der Waals surface area contributed by atoms with E-state index < -0.39 is 0 Å². The van der Waals surface area contributed by atoms with Gasteiger partial charge in [0.15, 0.2) is 0 Å². The molecule has 1 aromatic carbocycles. The maximum Gasteiger partial charge on any atom is 0.224 e. The molecule has 0 aromatic heterocycles. The maximum absolute atomic E-state index is 12.8. The van der Waals surface area contributed by atoms with Gasteiger partial charge in [0.2, 0.25) is 5.91 Å². The maximum atomic E-state index is 12.8. The zero-order valence-electron chi connectivity index (χ0n) is 15.3. The first kappa shape index (κ1) is 20.2. The van der Waals surface area contributed by atoms with Crippen LogP contribution in [-0.2, 0) is 9.53 Å². The zero-order chi connectivity index (χ0) is 17.2. The van der Waals surface area contributed by atoms with Crippen LogP contribution < -0.4 is 5.73 Å². The molecule has 3 atom stereocenters. The fourth-order valence-electron chi connectivity index (χ4n) is 4.72. The van der Waals surface area contributed by atoms with E-state index in [4.69, 9.17) is 10.5 Å². The first-order valence-corrected chi connectivity index (χ1v) is 9.26. The van der Waals surface area contributed by atoms with Crippen LogP contribution in [0.1, 0.15) is 57.1 Å². The predicted molar refractivity (Wildman–Crippen MR) is 103 cm³/mol. The Labute approximate surface area is 157 Å². The van der Waals surface area contributed by atoms with Crippen molar-refractivity contribution >= 4 is 18.3 Å². The lowest BCUT2D eigenvalue weighted by atomic mass is 9.60. The van der Waals surface area contributed by atoms with E-state index in [0.29, 0.717) is 18.6 Å². The minimum atomic E-state index is -0.233. The van der Waals surface area contributed by atoms with Gasteiger partial charge in [-0.2, -0.15) is 0 Å². The Hall–Kier alpha value is -1.10. The normalized spacial score (nSPS) is 25.1. The lowest BCUT2D eigenvalue weighted by Gasteiger charge is -2.57. The summed E-state index contributed by atoms with van der Waals surface area (Å²) in [5.74, 6) is 0.151. The Morgan fingerprint density at radius 2 is 1.96 bits per heavy atom. The van der Waals surface area contributed by atoms with Crippen LogP contribution in [-0.4, -0.2) is 36.6 Å². The Kier molecular flexibility index (Phi) is 6.89. The van der Waals surface area contributed by atoms with Crippen LogP contribution in [0.2, 0.25) is 0 Å². The van der Waals surface area contributed by atoms with E-state index in [9.17, 15) is 4.79 Å². The molecule has 140 valence electrons. The molecule has 0 aliphatic heterocycles. The van der Waals surface area contributed by atoms with Gasteiger partial charge in [-0.25, -0.2) is 0 Å². The van der Waals surface area contributed by atoms with Crippen molar-refractivity contribution in [1.29, 1.82) is 0 Å². The van der Waals surface area contributed by atoms with Gasteiger partial charge in [0, 0.05) is 37.6 Å². The summed E-state index contributed by atoms with van der Waals surface area (Å²) in [7, 11) is 1.95. The molecule has 2 fully saturated rings. The average Bonchev–Trinajstić information content (AvgIpc) is 3.11. The van der Waals surface area contributed by atoms with Crippen molar-refractivity contribution in [3.63, 3.8) is 0 Å². The summed E-state index contributed by atoms with van der Waals surface area (Å²) < 4.78 is 5.96. The topological polar surface area (TPSA) is 55.6 Å². The number of benzene rings is 1. The van der Waals surface area contributed by atoms with Gasteiger partial charge in [0.25, 0.3) is 0 Å². The van der Waals surface area contributed by atoms with Gasteiger partial charge in [-0.05, 0) is 31.7 Å². The van der Waals surface area contributed by atoms with Crippen LogP contribution in [0.25, 0.3) is 0 Å². The molecule has 0 heterocycles. The fourth-order valence-corrected chi connectivity index (χ4v) is 4.72. The van der Waals surface area contributed by atoms with Crippen LogP contribution in [0.5, 0.6) is 0 Å². The van der Waals surface area contributed by atoms with Crippen molar-refractivity contribution in [2.45, 2.75) is 63.6 Å². The number of rotatable bonds is 6. The van der Waals surface area contributed by atoms with Crippen molar-refractivity contribution in [3.8, 4) is 0 Å². The average molecular weight is 367 g/mol. The van der Waals surface area contributed by atoms with E-state index in [1.807, 2.05) is 42.3 Å². The first-order valence-electron chi connectivity index (χ1n) is 9.26. The molecular formula is C20H31ClN2O2. The molecule has 3 unspecified atom stereocenters. The van der Waals surface area contributed by atoms with Crippen LogP contribution in [0.15, 0.2) is 30.3 Å². The summed E-state index contributed by atoms with van der Waals surface area (Å²) in [5, 5.41) is 0. The lowest BCUT2D eigenvalue weighted by Crippen LogP contribution is -2.64. The number of hydrogen-bond acceptors (Lipinski definition) is 3. The molecule has 2 aliphatic carbocycles. The monoisotopic (exact) mass is 366 g/mol. The van der Waals surface area contributed by atoms with Gasteiger partial charge in [0.05, 0.1) is 6.10 Å². The van der Waals surface area contributed by atoms with Gasteiger partial charge in [-0.3, -0.25) is 4.79 Å². The van der Waals surface area contributed by atoms with Gasteiger partial charge < -0.3 is 15.4 Å². The molecule has 1 spiro atoms. The van der Waals surface area contributed by atoms with E-state index in [1.54, 1.807) is 0 Å². The van der Waals surface area contributed by atoms with E-state index in [1.165, 1.54) is 25.7 Å². The van der Waals surface area contributed by atoms with Crippen molar-refractivity contribution in [3.05, 3.63) is 35.9 Å². The number of amides is 1. The molecule has 2 aliphatic rings. The number of ether oxygens (including phenoxy) is 1. The first-order chi connectivity index (χ1) is 11.6. The van der Waals surface area contributed by atoms with Crippen LogP contribution >= 0.6 is 12.4 Å². The van der Waals surface area contributed by atoms with E-state index in [-0.39, 0.29) is 29.8 Å². The number of halogens is 1. The highest BCUT2D eigenvalue weighted by molar-refractivity contribution is 5.85. The number of carbonyl (C=O) groups is 1. The summed E-state index contributed by atoms with van der Waals surface area (Å²) in [4.78, 5) is 14.7. The highest BCUT2D eigenvalue weighted by Gasteiger charge is 2.58. The molecule has 5 heteroatoms. The zero-order valence-corrected chi connectivity index (χ0v) is 16.1. The number of carbonyl (C=O) groups excluding carboxylic acids is 1. The summed E-state index contributed by atoms with van der Waals surface area (Å²) >= 11 is 0. The van der Waals surface area contributed by atoms with Crippen LogP contribution in [0.3, 0.4) is 0 Å². The van der Waals surface area contributed by atoms with Gasteiger partial charge >= 0.3 is 0 Å². The second-order valence-corrected chi connectivity index (χ2v) is 7.36. The molecule has 3 rings (SSSR count). The minimum absolute atomic E-state index is 0. The Morgan fingerprint density at radius 1 is 1.32 bits per heavy atom. The number of nitrogens with zero attached hydrogens (tertiary/aromatic N) is 1. The molecule has 0 saturated heterocycles. The fraction of sp³-hybridized carbons (Fsp3) is 0.650. The van der Waals surface area contributed by atoms with Crippen molar-refractivity contribution in [2.75, 3.05) is 13.7 Å². The van der Waals surface area contributed by atoms with Crippen LogP contribution in [0.4, 0.5) is 0 Å². The van der Waals surface area contributed by atoms with Crippen molar-refractivity contribution in [1.82, 2.24) is 4.90 Å². The van der Waals surface area contributed by atoms with E-state index in [0.717, 1.165) is 18.6 Å². The third-order valence-corrected chi connectivity index (χ3v) is 6.13. The Balaban J connectivity index is 0.00000225. The molecular weight excluding hydrogens is 336 g/mol. The summed E-state index contributed by atoms with van der Waals surface area (Å²) in [5.41, 5.74) is 7.46. The third kappa shape index (κ3) is 3.86. The highest BCUT2D eigenvalue weighted by atomic mass is 35.5. The highest BCUT2D eigenvalue weighted by Crippen LogP contribution is 2.56. The molecule has 1 amide bonds. The quantitative estimate of drug-likeness (QED) is 0.835. The molecule has 25 heavy (non-hydrogen) atoms. The van der Waals surface area contributed by atoms with E-state index in [2.05, 4.69) is 6.92 Å². The third-order valence-electron chi connectivity index (χ3n) is 6.13. The molecule has 0 bridgehead atoms. The minimum Gasteiger partial charge on any atom is -0.378 e. The second-order valence-electron chi connectivity index (χ2n) is 7.36. The van der Waals surface area contributed by atoms with Crippen molar-refractivity contribution in [2.24, 2.45) is 11.1 Å². The molecule has 4 nitrogen and oxygen atoms in total. The number of hydrogen-bond donors (Lipinski definition) is 1. The Bertz CT molecular complexity index is 560.